The fourth-order valence-corrected chi connectivity index (χ4v) is 3.20. The maximum absolute atomic E-state index is 12.0. The zero-order chi connectivity index (χ0) is 13.2. The minimum atomic E-state index is -0.219. The van der Waals surface area contributed by atoms with Gasteiger partial charge in [-0.2, -0.15) is 0 Å². The van der Waals surface area contributed by atoms with E-state index < -0.39 is 0 Å². The third-order valence-corrected chi connectivity index (χ3v) is 4.28. The second-order valence-corrected chi connectivity index (χ2v) is 5.54. The summed E-state index contributed by atoms with van der Waals surface area (Å²) in [5.74, 6) is 0.934. The van der Waals surface area contributed by atoms with Crippen LogP contribution in [0.15, 0.2) is 30.3 Å². The van der Waals surface area contributed by atoms with E-state index in [-0.39, 0.29) is 12.7 Å². The van der Waals surface area contributed by atoms with E-state index in [0.717, 1.165) is 24.9 Å². The number of hydrogen-bond donors (Lipinski definition) is 1. The Morgan fingerprint density at radius 2 is 2.11 bits per heavy atom. The van der Waals surface area contributed by atoms with E-state index in [9.17, 15) is 9.90 Å². The molecule has 3 rings (SSSR count). The lowest BCUT2D eigenvalue weighted by Crippen LogP contribution is -2.56. The Labute approximate surface area is 113 Å². The maximum Gasteiger partial charge on any atom is 0.410 e. The van der Waals surface area contributed by atoms with Gasteiger partial charge in [0.25, 0.3) is 0 Å². The molecule has 1 aliphatic carbocycles. The highest BCUT2D eigenvalue weighted by molar-refractivity contribution is 5.69. The first-order valence-corrected chi connectivity index (χ1v) is 6.86. The van der Waals surface area contributed by atoms with Crippen LogP contribution >= 0.6 is 0 Å². The molecule has 1 saturated heterocycles. The van der Waals surface area contributed by atoms with E-state index >= 15 is 0 Å². The van der Waals surface area contributed by atoms with Crippen LogP contribution in [0.1, 0.15) is 18.4 Å². The summed E-state index contributed by atoms with van der Waals surface area (Å²) in [6.07, 6.45) is 1.74. The smallest absolute Gasteiger partial charge is 0.410 e. The van der Waals surface area contributed by atoms with E-state index in [0.29, 0.717) is 24.5 Å². The van der Waals surface area contributed by atoms with Gasteiger partial charge in [-0.1, -0.05) is 30.3 Å². The Hall–Kier alpha value is -1.55. The van der Waals surface area contributed by atoms with Gasteiger partial charge in [0, 0.05) is 19.2 Å². The topological polar surface area (TPSA) is 49.8 Å². The van der Waals surface area contributed by atoms with Gasteiger partial charge in [-0.25, -0.2) is 4.79 Å². The lowest BCUT2D eigenvalue weighted by atomic mass is 9.93. The van der Waals surface area contributed by atoms with Gasteiger partial charge in [-0.05, 0) is 30.2 Å². The number of aliphatic hydroxyl groups is 1. The van der Waals surface area contributed by atoms with E-state index in [4.69, 9.17) is 4.74 Å². The number of carbonyl (C=O) groups is 1. The van der Waals surface area contributed by atoms with Crippen LogP contribution in [-0.2, 0) is 11.3 Å². The number of amides is 1. The van der Waals surface area contributed by atoms with Gasteiger partial charge in [0.2, 0.25) is 0 Å². The Morgan fingerprint density at radius 1 is 1.32 bits per heavy atom. The lowest BCUT2D eigenvalue weighted by molar-refractivity contribution is 0.0173. The molecule has 4 nitrogen and oxygen atoms in total. The van der Waals surface area contributed by atoms with Crippen LogP contribution < -0.4 is 0 Å². The van der Waals surface area contributed by atoms with Crippen molar-refractivity contribution >= 4 is 6.09 Å². The van der Waals surface area contributed by atoms with Gasteiger partial charge in [0.1, 0.15) is 6.61 Å². The number of hydrogen-bond acceptors (Lipinski definition) is 3. The number of aliphatic hydroxyl groups excluding tert-OH is 1. The van der Waals surface area contributed by atoms with E-state index in [2.05, 4.69) is 0 Å². The molecule has 102 valence electrons. The molecule has 0 unspecified atom stereocenters. The molecule has 2 aliphatic rings. The van der Waals surface area contributed by atoms with Crippen molar-refractivity contribution in [2.24, 2.45) is 11.8 Å². The van der Waals surface area contributed by atoms with Crippen molar-refractivity contribution in [2.45, 2.75) is 25.5 Å². The molecule has 1 aliphatic heterocycles. The monoisotopic (exact) mass is 261 g/mol. The zero-order valence-corrected chi connectivity index (χ0v) is 10.9. The molecule has 19 heavy (non-hydrogen) atoms. The molecular weight excluding hydrogens is 242 g/mol. The van der Waals surface area contributed by atoms with Crippen molar-refractivity contribution in [2.75, 3.05) is 13.2 Å². The largest absolute Gasteiger partial charge is 0.445 e. The molecule has 1 aromatic rings. The Kier molecular flexibility index (Phi) is 3.42. The molecule has 1 saturated carbocycles. The predicted octanol–water partition coefficient (Wildman–Crippen LogP) is 2.03. The predicted molar refractivity (Wildman–Crippen MR) is 70.4 cm³/mol. The summed E-state index contributed by atoms with van der Waals surface area (Å²) in [5, 5.41) is 9.17. The first-order chi connectivity index (χ1) is 9.28. The van der Waals surface area contributed by atoms with Crippen LogP contribution in [0.4, 0.5) is 4.79 Å². The number of fused-ring (bicyclic) bond motifs is 1. The second-order valence-electron chi connectivity index (χ2n) is 5.54. The number of benzene rings is 1. The van der Waals surface area contributed by atoms with Gasteiger partial charge in [0.15, 0.2) is 0 Å². The molecule has 0 aromatic heterocycles. The average Bonchev–Trinajstić information content (AvgIpc) is 2.75. The summed E-state index contributed by atoms with van der Waals surface area (Å²) in [4.78, 5) is 13.8. The van der Waals surface area contributed by atoms with E-state index in [1.165, 1.54) is 0 Å². The van der Waals surface area contributed by atoms with Crippen LogP contribution in [0.25, 0.3) is 0 Å². The molecule has 1 heterocycles. The zero-order valence-electron chi connectivity index (χ0n) is 10.9. The molecule has 4 heteroatoms. The van der Waals surface area contributed by atoms with Crippen molar-refractivity contribution in [3.63, 3.8) is 0 Å². The van der Waals surface area contributed by atoms with Crippen molar-refractivity contribution in [1.29, 1.82) is 0 Å². The summed E-state index contributed by atoms with van der Waals surface area (Å²) in [6, 6.07) is 10.0. The Morgan fingerprint density at radius 3 is 2.84 bits per heavy atom. The van der Waals surface area contributed by atoms with Crippen molar-refractivity contribution in [3.8, 4) is 0 Å². The minimum absolute atomic E-state index is 0.219. The highest BCUT2D eigenvalue weighted by Crippen LogP contribution is 2.42. The highest BCUT2D eigenvalue weighted by Gasteiger charge is 2.48. The van der Waals surface area contributed by atoms with Crippen molar-refractivity contribution in [1.82, 2.24) is 4.90 Å². The third-order valence-electron chi connectivity index (χ3n) is 4.28. The number of rotatable bonds is 3. The first kappa shape index (κ1) is 12.5. The molecule has 1 aromatic carbocycles. The number of carbonyl (C=O) groups excluding carboxylic acids is 1. The minimum Gasteiger partial charge on any atom is -0.445 e. The fourth-order valence-electron chi connectivity index (χ4n) is 3.20. The van der Waals surface area contributed by atoms with Crippen LogP contribution in [0.3, 0.4) is 0 Å². The quantitative estimate of drug-likeness (QED) is 0.905. The standard InChI is InChI=1S/C15H19NO3/c17-9-12-6-13-8-16(14(13)7-12)15(18)19-10-11-4-2-1-3-5-11/h1-5,12-14,17H,6-10H2/t12-,13+,14+/m1/s1. The molecule has 1 N–H and O–H groups in total. The highest BCUT2D eigenvalue weighted by atomic mass is 16.6. The third kappa shape index (κ3) is 2.45. The van der Waals surface area contributed by atoms with Gasteiger partial charge in [-0.15, -0.1) is 0 Å². The first-order valence-electron chi connectivity index (χ1n) is 6.86. The van der Waals surface area contributed by atoms with Crippen LogP contribution in [0.5, 0.6) is 0 Å². The van der Waals surface area contributed by atoms with Crippen molar-refractivity contribution in [3.05, 3.63) is 35.9 Å². The Bertz CT molecular complexity index is 448. The summed E-state index contributed by atoms with van der Waals surface area (Å²) in [6.45, 7) is 1.35. The molecule has 3 atom stereocenters. The molecular formula is C15H19NO3. The molecule has 2 fully saturated rings. The normalized spacial score (nSPS) is 28.7. The fraction of sp³-hybridized carbons (Fsp3) is 0.533. The summed E-state index contributed by atoms with van der Waals surface area (Å²) < 4.78 is 5.33. The molecule has 0 bridgehead atoms. The second kappa shape index (κ2) is 5.21. The van der Waals surface area contributed by atoms with Gasteiger partial charge in [-0.3, -0.25) is 0 Å². The maximum atomic E-state index is 12.0. The average molecular weight is 261 g/mol. The van der Waals surface area contributed by atoms with Gasteiger partial charge >= 0.3 is 6.09 Å². The van der Waals surface area contributed by atoms with Crippen LogP contribution in [0.2, 0.25) is 0 Å². The van der Waals surface area contributed by atoms with Crippen LogP contribution in [0, 0.1) is 11.8 Å². The number of likely N-dealkylation sites (tertiary alicyclic amines) is 1. The molecule has 1 amide bonds. The molecule has 0 radical (unpaired) electrons. The summed E-state index contributed by atoms with van der Waals surface area (Å²) in [5.41, 5.74) is 1.01. The molecule has 0 spiro atoms. The number of ether oxygens (including phenoxy) is 1. The van der Waals surface area contributed by atoms with Gasteiger partial charge in [0.05, 0.1) is 0 Å². The SMILES string of the molecule is O=C(OCc1ccccc1)N1C[C@@H]2C[C@@H](CO)C[C@@H]21. The summed E-state index contributed by atoms with van der Waals surface area (Å²) >= 11 is 0. The van der Waals surface area contributed by atoms with Gasteiger partial charge < -0.3 is 14.7 Å². The van der Waals surface area contributed by atoms with Crippen molar-refractivity contribution < 1.29 is 14.6 Å². The van der Waals surface area contributed by atoms with E-state index in [1.54, 1.807) is 0 Å². The Balaban J connectivity index is 1.50. The number of nitrogens with zero attached hydrogens (tertiary/aromatic N) is 1. The van der Waals surface area contributed by atoms with E-state index in [1.807, 2.05) is 35.2 Å². The summed E-state index contributed by atoms with van der Waals surface area (Å²) in [7, 11) is 0. The lowest BCUT2D eigenvalue weighted by Gasteiger charge is -2.43. The van der Waals surface area contributed by atoms with Crippen LogP contribution in [-0.4, -0.2) is 35.3 Å².